The third-order valence-corrected chi connectivity index (χ3v) is 3.78. The second-order valence-corrected chi connectivity index (χ2v) is 5.27. The Balaban J connectivity index is 1.88. The third-order valence-electron chi connectivity index (χ3n) is 3.45. The van der Waals surface area contributed by atoms with Gasteiger partial charge in [-0.1, -0.05) is 41.9 Å². The van der Waals surface area contributed by atoms with Crippen molar-refractivity contribution in [2.24, 2.45) is 0 Å². The number of benzene rings is 2. The molecule has 2 aromatic carbocycles. The number of carbonyl (C=O) groups excluding carboxylic acids is 2. The zero-order valence-corrected chi connectivity index (χ0v) is 11.9. The van der Waals surface area contributed by atoms with E-state index >= 15 is 0 Å². The van der Waals surface area contributed by atoms with Crippen LogP contribution in [0.3, 0.4) is 0 Å². The van der Waals surface area contributed by atoms with Crippen molar-refractivity contribution in [2.75, 3.05) is 10.6 Å². The fourth-order valence-corrected chi connectivity index (χ4v) is 2.61. The monoisotopic (exact) mass is 300 g/mol. The van der Waals surface area contributed by atoms with Crippen LogP contribution in [0.4, 0.5) is 11.4 Å². The number of carbonyl (C=O) groups is 2. The molecule has 1 unspecified atom stereocenters. The Bertz CT molecular complexity index is 715. The highest BCUT2D eigenvalue weighted by Gasteiger charge is 2.30. The summed E-state index contributed by atoms with van der Waals surface area (Å²) in [4.78, 5) is 24.2. The van der Waals surface area contributed by atoms with Gasteiger partial charge in [0.05, 0.1) is 16.6 Å². The molecule has 4 nitrogen and oxygen atoms in total. The predicted octanol–water partition coefficient (Wildman–Crippen LogP) is 3.40. The summed E-state index contributed by atoms with van der Waals surface area (Å²) in [5.74, 6) is -0.898. The van der Waals surface area contributed by atoms with E-state index in [0.717, 1.165) is 5.56 Å². The molecule has 2 aromatic rings. The highest BCUT2D eigenvalue weighted by Crippen LogP contribution is 2.33. The smallest absolute Gasteiger partial charge is 0.232 e. The number of hydrogen-bond donors (Lipinski definition) is 2. The number of fused-ring (bicyclic) bond motifs is 1. The first kappa shape index (κ1) is 13.6. The standard InChI is InChI=1S/C16H13ClN2O2/c17-12-6-2-4-8-14(12)19-16(21)11-9-15(20)18-13-7-3-1-5-10(11)13/h1-8,11H,9H2,(H,18,20)(H,19,21). The molecule has 1 heterocycles. The van der Waals surface area contributed by atoms with Crippen molar-refractivity contribution in [2.45, 2.75) is 12.3 Å². The average Bonchev–Trinajstić information content (AvgIpc) is 2.48. The number of nitrogens with one attached hydrogen (secondary N) is 2. The van der Waals surface area contributed by atoms with Crippen molar-refractivity contribution in [1.82, 2.24) is 0 Å². The van der Waals surface area contributed by atoms with Gasteiger partial charge in [-0.15, -0.1) is 0 Å². The van der Waals surface area contributed by atoms with Gasteiger partial charge in [-0.05, 0) is 23.8 Å². The molecule has 1 atom stereocenters. The van der Waals surface area contributed by atoms with E-state index in [1.54, 1.807) is 30.3 Å². The van der Waals surface area contributed by atoms with E-state index in [1.807, 2.05) is 18.2 Å². The number of hydrogen-bond acceptors (Lipinski definition) is 2. The van der Waals surface area contributed by atoms with E-state index in [-0.39, 0.29) is 18.2 Å². The van der Waals surface area contributed by atoms with Gasteiger partial charge in [0.15, 0.2) is 0 Å². The van der Waals surface area contributed by atoms with Crippen LogP contribution in [0.5, 0.6) is 0 Å². The zero-order chi connectivity index (χ0) is 14.8. The molecule has 5 heteroatoms. The second-order valence-electron chi connectivity index (χ2n) is 4.86. The molecule has 1 aliphatic heterocycles. The first-order chi connectivity index (χ1) is 10.1. The summed E-state index contributed by atoms with van der Waals surface area (Å²) < 4.78 is 0. The molecule has 0 radical (unpaired) electrons. The van der Waals surface area contributed by atoms with Gasteiger partial charge in [0, 0.05) is 12.1 Å². The minimum absolute atomic E-state index is 0.132. The first-order valence-corrected chi connectivity index (χ1v) is 6.97. The Morgan fingerprint density at radius 2 is 1.86 bits per heavy atom. The van der Waals surface area contributed by atoms with E-state index in [4.69, 9.17) is 11.6 Å². The molecule has 0 saturated heterocycles. The van der Waals surface area contributed by atoms with Gasteiger partial charge in [0.1, 0.15) is 0 Å². The average molecular weight is 301 g/mol. The van der Waals surface area contributed by atoms with Gasteiger partial charge < -0.3 is 10.6 Å². The summed E-state index contributed by atoms with van der Waals surface area (Å²) in [7, 11) is 0. The van der Waals surface area contributed by atoms with E-state index in [1.165, 1.54) is 0 Å². The summed E-state index contributed by atoms with van der Waals surface area (Å²) in [5.41, 5.74) is 2.06. The summed E-state index contributed by atoms with van der Waals surface area (Å²) in [5, 5.41) is 6.04. The highest BCUT2D eigenvalue weighted by molar-refractivity contribution is 6.33. The van der Waals surface area contributed by atoms with E-state index in [0.29, 0.717) is 16.4 Å². The molecule has 2 N–H and O–H groups in total. The van der Waals surface area contributed by atoms with Crippen LogP contribution >= 0.6 is 11.6 Å². The van der Waals surface area contributed by atoms with Crippen LogP contribution in [0, 0.1) is 0 Å². The quantitative estimate of drug-likeness (QED) is 0.893. The summed E-state index contributed by atoms with van der Waals surface area (Å²) >= 11 is 6.04. The van der Waals surface area contributed by atoms with Gasteiger partial charge in [0.2, 0.25) is 11.8 Å². The molecule has 1 aliphatic rings. The van der Waals surface area contributed by atoms with Crippen molar-refractivity contribution >= 4 is 34.8 Å². The molecular formula is C16H13ClN2O2. The summed E-state index contributed by atoms with van der Waals surface area (Å²) in [6, 6.07) is 14.4. The van der Waals surface area contributed by atoms with Gasteiger partial charge >= 0.3 is 0 Å². The fourth-order valence-electron chi connectivity index (χ4n) is 2.43. The Morgan fingerprint density at radius 1 is 1.14 bits per heavy atom. The van der Waals surface area contributed by atoms with Gasteiger partial charge in [-0.25, -0.2) is 0 Å². The Morgan fingerprint density at radius 3 is 2.67 bits per heavy atom. The maximum Gasteiger partial charge on any atom is 0.232 e. The van der Waals surface area contributed by atoms with Crippen molar-refractivity contribution in [3.8, 4) is 0 Å². The molecule has 21 heavy (non-hydrogen) atoms. The van der Waals surface area contributed by atoms with Gasteiger partial charge in [-0.2, -0.15) is 0 Å². The highest BCUT2D eigenvalue weighted by atomic mass is 35.5. The molecular weight excluding hydrogens is 288 g/mol. The molecule has 2 amide bonds. The van der Waals surface area contributed by atoms with Crippen LogP contribution in [-0.2, 0) is 9.59 Å². The molecule has 0 saturated carbocycles. The molecule has 106 valence electrons. The van der Waals surface area contributed by atoms with Crippen molar-refractivity contribution < 1.29 is 9.59 Å². The topological polar surface area (TPSA) is 58.2 Å². The van der Waals surface area contributed by atoms with Crippen LogP contribution < -0.4 is 10.6 Å². The van der Waals surface area contributed by atoms with Gasteiger partial charge in [-0.3, -0.25) is 9.59 Å². The fraction of sp³-hybridized carbons (Fsp3) is 0.125. The SMILES string of the molecule is O=C1CC(C(=O)Nc2ccccc2Cl)c2ccccc2N1. The molecule has 0 bridgehead atoms. The molecule has 3 rings (SSSR count). The lowest BCUT2D eigenvalue weighted by atomic mass is 9.90. The third kappa shape index (κ3) is 2.76. The lowest BCUT2D eigenvalue weighted by molar-refractivity contribution is -0.123. The van der Waals surface area contributed by atoms with Crippen LogP contribution in [0.25, 0.3) is 0 Å². The Labute approximate surface area is 127 Å². The number of rotatable bonds is 2. The molecule has 0 aromatic heterocycles. The summed E-state index contributed by atoms with van der Waals surface area (Å²) in [6.07, 6.45) is 0.132. The van der Waals surface area contributed by atoms with Crippen molar-refractivity contribution in [3.05, 3.63) is 59.1 Å². The molecule has 0 aliphatic carbocycles. The lowest BCUT2D eigenvalue weighted by Crippen LogP contribution is -2.30. The largest absolute Gasteiger partial charge is 0.326 e. The minimum Gasteiger partial charge on any atom is -0.326 e. The van der Waals surface area contributed by atoms with E-state index in [2.05, 4.69) is 10.6 Å². The van der Waals surface area contributed by atoms with Crippen LogP contribution in [0.15, 0.2) is 48.5 Å². The van der Waals surface area contributed by atoms with E-state index < -0.39 is 5.92 Å². The molecule has 0 fully saturated rings. The number of amides is 2. The Hall–Kier alpha value is -2.33. The minimum atomic E-state index is -0.508. The van der Waals surface area contributed by atoms with Gasteiger partial charge in [0.25, 0.3) is 0 Å². The Kier molecular flexibility index (Phi) is 3.62. The molecule has 0 spiro atoms. The summed E-state index contributed by atoms with van der Waals surface area (Å²) in [6.45, 7) is 0. The number of halogens is 1. The lowest BCUT2D eigenvalue weighted by Gasteiger charge is -2.24. The van der Waals surface area contributed by atoms with Crippen LogP contribution in [0.1, 0.15) is 17.9 Å². The van der Waals surface area contributed by atoms with Crippen molar-refractivity contribution in [1.29, 1.82) is 0 Å². The number of anilines is 2. The zero-order valence-electron chi connectivity index (χ0n) is 11.1. The maximum atomic E-state index is 12.5. The maximum absolute atomic E-state index is 12.5. The number of para-hydroxylation sites is 2. The van der Waals surface area contributed by atoms with Crippen LogP contribution in [-0.4, -0.2) is 11.8 Å². The normalized spacial score (nSPS) is 16.8. The predicted molar refractivity (Wildman–Crippen MR) is 82.5 cm³/mol. The van der Waals surface area contributed by atoms with Crippen LogP contribution in [0.2, 0.25) is 5.02 Å². The van der Waals surface area contributed by atoms with E-state index in [9.17, 15) is 9.59 Å². The second kappa shape index (κ2) is 5.58. The first-order valence-electron chi connectivity index (χ1n) is 6.59. The van der Waals surface area contributed by atoms with Crippen molar-refractivity contribution in [3.63, 3.8) is 0 Å².